The van der Waals surface area contributed by atoms with Gasteiger partial charge in [0.05, 0.1) is 19.0 Å². The van der Waals surface area contributed by atoms with Gasteiger partial charge in [0.15, 0.2) is 0 Å². The van der Waals surface area contributed by atoms with E-state index in [4.69, 9.17) is 16.3 Å². The molecule has 1 heterocycles. The Hall–Kier alpha value is -2.33. The number of carbonyl (C=O) groups is 1. The number of halogens is 1. The van der Waals surface area contributed by atoms with E-state index >= 15 is 0 Å². The molecule has 112 valence electrons. The second kappa shape index (κ2) is 6.20. The first-order valence-electron chi connectivity index (χ1n) is 6.94. The molecule has 0 saturated heterocycles. The van der Waals surface area contributed by atoms with Crippen LogP contribution in [-0.2, 0) is 9.53 Å². The SMILES string of the molecule is COC(=O)C1=CC=CCC1c1cnn(-c2ccc(Cl)cc2)c1. The summed E-state index contributed by atoms with van der Waals surface area (Å²) in [5, 5.41) is 5.07. The molecule has 4 nitrogen and oxygen atoms in total. The molecule has 0 amide bonds. The summed E-state index contributed by atoms with van der Waals surface area (Å²) in [4.78, 5) is 11.9. The quantitative estimate of drug-likeness (QED) is 0.812. The molecule has 0 N–H and O–H groups in total. The first-order chi connectivity index (χ1) is 10.7. The molecule has 1 aliphatic carbocycles. The molecule has 0 bridgehead atoms. The van der Waals surface area contributed by atoms with E-state index in [2.05, 4.69) is 5.10 Å². The number of carbonyl (C=O) groups excluding carboxylic acids is 1. The van der Waals surface area contributed by atoms with Crippen LogP contribution >= 0.6 is 11.6 Å². The van der Waals surface area contributed by atoms with Gasteiger partial charge in [-0.05, 0) is 36.2 Å². The number of hydrogen-bond acceptors (Lipinski definition) is 3. The average Bonchev–Trinajstić information content (AvgIpc) is 3.04. The maximum absolute atomic E-state index is 11.9. The van der Waals surface area contributed by atoms with Crippen LogP contribution in [0.25, 0.3) is 5.69 Å². The molecule has 3 rings (SSSR count). The van der Waals surface area contributed by atoms with Crippen molar-refractivity contribution in [3.63, 3.8) is 0 Å². The van der Waals surface area contributed by atoms with Crippen LogP contribution in [0.4, 0.5) is 0 Å². The largest absolute Gasteiger partial charge is 0.466 e. The first kappa shape index (κ1) is 14.6. The van der Waals surface area contributed by atoms with Crippen LogP contribution in [0.2, 0.25) is 5.02 Å². The Morgan fingerprint density at radius 1 is 1.36 bits per heavy atom. The summed E-state index contributed by atoms with van der Waals surface area (Å²) >= 11 is 5.90. The van der Waals surface area contributed by atoms with Crippen LogP contribution in [-0.4, -0.2) is 22.9 Å². The molecule has 0 radical (unpaired) electrons. The lowest BCUT2D eigenvalue weighted by molar-refractivity contribution is -0.136. The van der Waals surface area contributed by atoms with Gasteiger partial charge < -0.3 is 4.74 Å². The summed E-state index contributed by atoms with van der Waals surface area (Å²) in [7, 11) is 1.40. The predicted molar refractivity (Wildman–Crippen MR) is 85.2 cm³/mol. The third-order valence-electron chi connectivity index (χ3n) is 3.68. The number of aromatic nitrogens is 2. The Balaban J connectivity index is 1.90. The number of rotatable bonds is 3. The third kappa shape index (κ3) is 2.83. The number of esters is 1. The minimum absolute atomic E-state index is 0.0292. The molecule has 1 unspecified atom stereocenters. The highest BCUT2D eigenvalue weighted by molar-refractivity contribution is 6.30. The topological polar surface area (TPSA) is 44.1 Å². The van der Waals surface area contributed by atoms with Gasteiger partial charge in [0, 0.05) is 22.7 Å². The Bertz CT molecular complexity index is 744. The van der Waals surface area contributed by atoms with Gasteiger partial charge in [0.1, 0.15) is 0 Å². The summed E-state index contributed by atoms with van der Waals surface area (Å²) < 4.78 is 6.64. The molecule has 1 aromatic heterocycles. The maximum Gasteiger partial charge on any atom is 0.334 e. The summed E-state index contributed by atoms with van der Waals surface area (Å²) in [6, 6.07) is 7.44. The van der Waals surface area contributed by atoms with E-state index in [1.807, 2.05) is 42.6 Å². The molecule has 1 aromatic carbocycles. The first-order valence-corrected chi connectivity index (χ1v) is 7.32. The van der Waals surface area contributed by atoms with Crippen LogP contribution in [0.15, 0.2) is 60.5 Å². The lowest BCUT2D eigenvalue weighted by atomic mass is 9.87. The minimum atomic E-state index is -0.298. The molecule has 2 aromatic rings. The van der Waals surface area contributed by atoms with E-state index in [9.17, 15) is 4.79 Å². The number of allylic oxidation sites excluding steroid dienone is 3. The maximum atomic E-state index is 11.9. The Kier molecular flexibility index (Phi) is 4.11. The zero-order chi connectivity index (χ0) is 15.5. The number of ether oxygens (including phenoxy) is 1. The van der Waals surface area contributed by atoms with Crippen molar-refractivity contribution in [2.75, 3.05) is 7.11 Å². The summed E-state index contributed by atoms with van der Waals surface area (Å²) in [5.74, 6) is -0.327. The van der Waals surface area contributed by atoms with Crippen LogP contribution in [0.1, 0.15) is 17.9 Å². The van der Waals surface area contributed by atoms with Gasteiger partial charge in [-0.1, -0.05) is 29.8 Å². The van der Waals surface area contributed by atoms with Crippen LogP contribution in [0.5, 0.6) is 0 Å². The molecule has 0 aliphatic heterocycles. The van der Waals surface area contributed by atoms with Gasteiger partial charge in [-0.25, -0.2) is 9.48 Å². The van der Waals surface area contributed by atoms with E-state index < -0.39 is 0 Å². The monoisotopic (exact) mass is 314 g/mol. The third-order valence-corrected chi connectivity index (χ3v) is 3.93. The van der Waals surface area contributed by atoms with Gasteiger partial charge in [-0.3, -0.25) is 0 Å². The van der Waals surface area contributed by atoms with Crippen molar-refractivity contribution >= 4 is 17.6 Å². The second-order valence-electron chi connectivity index (χ2n) is 5.02. The Morgan fingerprint density at radius 2 is 2.14 bits per heavy atom. The smallest absolute Gasteiger partial charge is 0.334 e. The standard InChI is InChI=1S/C17H15ClN2O2/c1-22-17(21)16-5-3-2-4-15(16)12-10-19-20(11-12)14-8-6-13(18)7-9-14/h2-3,5-11,15H,4H2,1H3. The van der Waals surface area contributed by atoms with Gasteiger partial charge in [-0.15, -0.1) is 0 Å². The lowest BCUT2D eigenvalue weighted by Gasteiger charge is -2.18. The van der Waals surface area contributed by atoms with Crippen molar-refractivity contribution in [1.82, 2.24) is 9.78 Å². The van der Waals surface area contributed by atoms with Crippen molar-refractivity contribution in [1.29, 1.82) is 0 Å². The molecule has 0 spiro atoms. The highest BCUT2D eigenvalue weighted by Gasteiger charge is 2.25. The van der Waals surface area contributed by atoms with Crippen LogP contribution in [0.3, 0.4) is 0 Å². The van der Waals surface area contributed by atoms with Crippen molar-refractivity contribution in [3.8, 4) is 5.69 Å². The number of nitrogens with zero attached hydrogens (tertiary/aromatic N) is 2. The van der Waals surface area contributed by atoms with Crippen molar-refractivity contribution in [2.45, 2.75) is 12.3 Å². The Morgan fingerprint density at radius 3 is 2.86 bits per heavy atom. The molecule has 0 fully saturated rings. The van der Waals surface area contributed by atoms with E-state index in [0.717, 1.165) is 17.7 Å². The van der Waals surface area contributed by atoms with Crippen LogP contribution < -0.4 is 0 Å². The lowest BCUT2D eigenvalue weighted by Crippen LogP contribution is -2.14. The molecule has 5 heteroatoms. The zero-order valence-corrected chi connectivity index (χ0v) is 12.8. The fourth-order valence-electron chi connectivity index (χ4n) is 2.52. The highest BCUT2D eigenvalue weighted by Crippen LogP contribution is 2.32. The molecular weight excluding hydrogens is 300 g/mol. The van der Waals surface area contributed by atoms with Crippen molar-refractivity contribution in [3.05, 3.63) is 71.0 Å². The number of benzene rings is 1. The van der Waals surface area contributed by atoms with Crippen LogP contribution in [0, 0.1) is 0 Å². The number of hydrogen-bond donors (Lipinski definition) is 0. The van der Waals surface area contributed by atoms with E-state index in [1.165, 1.54) is 7.11 Å². The average molecular weight is 315 g/mol. The van der Waals surface area contributed by atoms with Crippen molar-refractivity contribution < 1.29 is 9.53 Å². The fraction of sp³-hybridized carbons (Fsp3) is 0.176. The summed E-state index contributed by atoms with van der Waals surface area (Å²) in [6.45, 7) is 0. The van der Waals surface area contributed by atoms with Gasteiger partial charge in [0.25, 0.3) is 0 Å². The molecule has 22 heavy (non-hydrogen) atoms. The predicted octanol–water partition coefficient (Wildman–Crippen LogP) is 3.67. The zero-order valence-electron chi connectivity index (χ0n) is 12.1. The summed E-state index contributed by atoms with van der Waals surface area (Å²) in [5.41, 5.74) is 2.56. The molecule has 0 saturated carbocycles. The molecule has 1 atom stereocenters. The normalized spacial score (nSPS) is 17.2. The summed E-state index contributed by atoms with van der Waals surface area (Å²) in [6.07, 6.45) is 10.2. The van der Waals surface area contributed by atoms with E-state index in [0.29, 0.717) is 10.6 Å². The van der Waals surface area contributed by atoms with Gasteiger partial charge >= 0.3 is 5.97 Å². The van der Waals surface area contributed by atoms with Gasteiger partial charge in [0.2, 0.25) is 0 Å². The van der Waals surface area contributed by atoms with Crippen molar-refractivity contribution in [2.24, 2.45) is 0 Å². The molecular formula is C17H15ClN2O2. The van der Waals surface area contributed by atoms with E-state index in [1.54, 1.807) is 17.0 Å². The number of methoxy groups -OCH3 is 1. The fourth-order valence-corrected chi connectivity index (χ4v) is 2.65. The Labute approximate surface area is 133 Å². The highest BCUT2D eigenvalue weighted by atomic mass is 35.5. The molecule has 1 aliphatic rings. The van der Waals surface area contributed by atoms with Gasteiger partial charge in [-0.2, -0.15) is 5.10 Å². The minimum Gasteiger partial charge on any atom is -0.466 e. The second-order valence-corrected chi connectivity index (χ2v) is 5.46. The van der Waals surface area contributed by atoms with E-state index in [-0.39, 0.29) is 11.9 Å².